The molecule has 0 aromatic heterocycles. The van der Waals surface area contributed by atoms with E-state index in [4.69, 9.17) is 18.9 Å². The SMILES string of the molecule is CC(C)C[C@@H](C(=O)O[C@@H](C)C(=O)N(C)[C@@H](CC(C)(C)F)C(=O)O[C@@H](Cc1ccc(OC(F)(F)F)cc1)C(=O)OCc1ccccc1)N(C)C(=O)OC(C)(C)C. The van der Waals surface area contributed by atoms with Crippen LogP contribution < -0.4 is 4.74 Å². The summed E-state index contributed by atoms with van der Waals surface area (Å²) in [6.45, 7) is 12.0. The van der Waals surface area contributed by atoms with Crippen LogP contribution in [-0.2, 0) is 51.2 Å². The van der Waals surface area contributed by atoms with Crippen LogP contribution in [0.4, 0.5) is 22.4 Å². The standard InChI is InChI=1S/C39H52F4N2O10/c1-24(2)20-29(45(10)36(50)55-37(4,5)6)33(47)52-25(3)32(46)44(9)30(22-38(7,8)40)34(48)53-31(35(49)51-23-27-14-12-11-13-15-27)21-26-16-18-28(19-17-26)54-39(41,42)43/h11-19,24-25,29-31H,20-23H2,1-10H3/t25-,29-,30-,31-/m0/s1. The molecule has 16 heteroatoms. The molecule has 0 aliphatic heterocycles. The van der Waals surface area contributed by atoms with Gasteiger partial charge in [0.15, 0.2) is 6.10 Å². The zero-order valence-electron chi connectivity index (χ0n) is 32.9. The van der Waals surface area contributed by atoms with Gasteiger partial charge in [0.25, 0.3) is 5.91 Å². The normalized spacial score (nSPS) is 14.2. The summed E-state index contributed by atoms with van der Waals surface area (Å²) in [4.78, 5) is 68.9. The summed E-state index contributed by atoms with van der Waals surface area (Å²) < 4.78 is 79.1. The Labute approximate surface area is 319 Å². The van der Waals surface area contributed by atoms with Gasteiger partial charge < -0.3 is 28.6 Å². The molecule has 2 aromatic carbocycles. The predicted octanol–water partition coefficient (Wildman–Crippen LogP) is 6.96. The number of rotatable bonds is 17. The molecular weight excluding hydrogens is 732 g/mol. The number of ether oxygens (including phenoxy) is 5. The Morgan fingerprint density at radius 3 is 1.78 bits per heavy atom. The quantitative estimate of drug-likeness (QED) is 0.0941. The maximum absolute atomic E-state index is 15.2. The third-order valence-corrected chi connectivity index (χ3v) is 7.85. The molecule has 306 valence electrons. The summed E-state index contributed by atoms with van der Waals surface area (Å²) in [5.74, 6) is -4.68. The van der Waals surface area contributed by atoms with Gasteiger partial charge in [0.1, 0.15) is 35.7 Å². The average Bonchev–Trinajstić information content (AvgIpc) is 3.06. The van der Waals surface area contributed by atoms with Crippen molar-refractivity contribution in [2.45, 2.75) is 123 Å². The summed E-state index contributed by atoms with van der Waals surface area (Å²) >= 11 is 0. The van der Waals surface area contributed by atoms with E-state index in [0.717, 1.165) is 35.8 Å². The molecule has 0 spiro atoms. The number of likely N-dealkylation sites (N-methyl/N-ethyl adjacent to an activating group) is 2. The van der Waals surface area contributed by atoms with Gasteiger partial charge in [-0.2, -0.15) is 0 Å². The molecule has 0 heterocycles. The lowest BCUT2D eigenvalue weighted by Gasteiger charge is -2.33. The Kier molecular flexibility index (Phi) is 16.5. The van der Waals surface area contributed by atoms with Gasteiger partial charge in [0.2, 0.25) is 6.10 Å². The van der Waals surface area contributed by atoms with Gasteiger partial charge in [0.05, 0.1) is 0 Å². The molecule has 0 saturated carbocycles. The largest absolute Gasteiger partial charge is 0.573 e. The topological polar surface area (TPSA) is 138 Å². The zero-order chi connectivity index (χ0) is 41.9. The number of hydrogen-bond acceptors (Lipinski definition) is 10. The lowest BCUT2D eigenvalue weighted by atomic mass is 9.99. The van der Waals surface area contributed by atoms with Crippen molar-refractivity contribution in [1.82, 2.24) is 9.80 Å². The zero-order valence-corrected chi connectivity index (χ0v) is 32.9. The van der Waals surface area contributed by atoms with Crippen LogP contribution in [0.3, 0.4) is 0 Å². The minimum Gasteiger partial charge on any atom is -0.458 e. The van der Waals surface area contributed by atoms with Crippen molar-refractivity contribution < 1.29 is 65.2 Å². The highest BCUT2D eigenvalue weighted by Gasteiger charge is 2.40. The van der Waals surface area contributed by atoms with E-state index in [1.165, 1.54) is 33.2 Å². The second-order valence-corrected chi connectivity index (χ2v) is 15.1. The molecule has 2 rings (SSSR count). The Bertz CT molecular complexity index is 1590. The lowest BCUT2D eigenvalue weighted by Crippen LogP contribution is -2.52. The first-order chi connectivity index (χ1) is 25.3. The summed E-state index contributed by atoms with van der Waals surface area (Å²) in [6, 6.07) is 10.2. The third kappa shape index (κ3) is 16.6. The van der Waals surface area contributed by atoms with E-state index in [2.05, 4.69) is 4.74 Å². The number of amides is 2. The maximum atomic E-state index is 15.2. The van der Waals surface area contributed by atoms with E-state index in [1.54, 1.807) is 51.1 Å². The third-order valence-electron chi connectivity index (χ3n) is 7.85. The Hall–Kier alpha value is -4.89. The van der Waals surface area contributed by atoms with Crippen molar-refractivity contribution in [3.63, 3.8) is 0 Å². The van der Waals surface area contributed by atoms with Crippen LogP contribution in [0.25, 0.3) is 0 Å². The number of carbonyl (C=O) groups is 5. The predicted molar refractivity (Wildman–Crippen MR) is 192 cm³/mol. The minimum absolute atomic E-state index is 0.0828. The molecule has 4 atom stereocenters. The summed E-state index contributed by atoms with van der Waals surface area (Å²) in [7, 11) is 2.53. The highest BCUT2D eigenvalue weighted by Crippen LogP contribution is 2.26. The van der Waals surface area contributed by atoms with Crippen molar-refractivity contribution in [2.75, 3.05) is 14.1 Å². The smallest absolute Gasteiger partial charge is 0.458 e. The summed E-state index contributed by atoms with van der Waals surface area (Å²) in [6.07, 6.45) is -9.76. The fraction of sp³-hybridized carbons (Fsp3) is 0.564. The highest BCUT2D eigenvalue weighted by atomic mass is 19.4. The monoisotopic (exact) mass is 784 g/mol. The fourth-order valence-corrected chi connectivity index (χ4v) is 5.16. The van der Waals surface area contributed by atoms with Gasteiger partial charge in [-0.1, -0.05) is 56.3 Å². The fourth-order valence-electron chi connectivity index (χ4n) is 5.16. The first-order valence-electron chi connectivity index (χ1n) is 17.6. The molecule has 2 aromatic rings. The number of hydrogen-bond donors (Lipinski definition) is 0. The molecule has 12 nitrogen and oxygen atoms in total. The van der Waals surface area contributed by atoms with Crippen molar-refractivity contribution >= 4 is 29.9 Å². The van der Waals surface area contributed by atoms with Crippen molar-refractivity contribution in [3.8, 4) is 5.75 Å². The second-order valence-electron chi connectivity index (χ2n) is 15.1. The molecule has 0 fully saturated rings. The van der Waals surface area contributed by atoms with E-state index >= 15 is 4.39 Å². The summed E-state index contributed by atoms with van der Waals surface area (Å²) in [5, 5.41) is 0. The number of esters is 3. The number of benzene rings is 2. The van der Waals surface area contributed by atoms with Gasteiger partial charge in [-0.15, -0.1) is 13.2 Å². The van der Waals surface area contributed by atoms with E-state index in [0.29, 0.717) is 5.56 Å². The highest BCUT2D eigenvalue weighted by molar-refractivity contribution is 5.90. The van der Waals surface area contributed by atoms with Crippen molar-refractivity contribution in [1.29, 1.82) is 0 Å². The van der Waals surface area contributed by atoms with E-state index in [-0.39, 0.29) is 30.9 Å². The average molecular weight is 785 g/mol. The lowest BCUT2D eigenvalue weighted by molar-refractivity contribution is -0.274. The molecule has 0 bridgehead atoms. The van der Waals surface area contributed by atoms with Crippen LogP contribution in [0.5, 0.6) is 5.75 Å². The Balaban J connectivity index is 2.35. The van der Waals surface area contributed by atoms with E-state index in [1.807, 2.05) is 13.8 Å². The first kappa shape index (κ1) is 46.3. The minimum atomic E-state index is -4.94. The molecular formula is C39H52F4N2O10. The van der Waals surface area contributed by atoms with Gasteiger partial charge in [-0.3, -0.25) is 9.69 Å². The molecule has 0 unspecified atom stereocenters. The molecule has 0 radical (unpaired) electrons. The van der Waals surface area contributed by atoms with Gasteiger partial charge >= 0.3 is 30.4 Å². The van der Waals surface area contributed by atoms with Crippen LogP contribution in [0, 0.1) is 5.92 Å². The van der Waals surface area contributed by atoms with Crippen LogP contribution in [-0.4, -0.2) is 95.7 Å². The molecule has 55 heavy (non-hydrogen) atoms. The molecule has 0 aliphatic carbocycles. The van der Waals surface area contributed by atoms with Gasteiger partial charge in [0, 0.05) is 26.9 Å². The molecule has 0 aliphatic rings. The Morgan fingerprint density at radius 1 is 0.709 bits per heavy atom. The number of nitrogens with zero attached hydrogens (tertiary/aromatic N) is 2. The molecule has 2 amide bonds. The van der Waals surface area contributed by atoms with Crippen LogP contribution >= 0.6 is 0 Å². The van der Waals surface area contributed by atoms with Crippen molar-refractivity contribution in [2.24, 2.45) is 5.92 Å². The number of carbonyl (C=O) groups excluding carboxylic acids is 5. The van der Waals surface area contributed by atoms with E-state index < -0.39 is 84.0 Å². The maximum Gasteiger partial charge on any atom is 0.573 e. The molecule has 0 saturated heterocycles. The van der Waals surface area contributed by atoms with Crippen LogP contribution in [0.2, 0.25) is 0 Å². The van der Waals surface area contributed by atoms with Gasteiger partial charge in [-0.05, 0) is 77.1 Å². The van der Waals surface area contributed by atoms with Gasteiger partial charge in [-0.25, -0.2) is 23.6 Å². The first-order valence-corrected chi connectivity index (χ1v) is 17.6. The number of alkyl halides is 4. The van der Waals surface area contributed by atoms with Crippen LogP contribution in [0.1, 0.15) is 79.4 Å². The Morgan fingerprint density at radius 2 is 1.27 bits per heavy atom. The van der Waals surface area contributed by atoms with Crippen LogP contribution in [0.15, 0.2) is 54.6 Å². The second kappa shape index (κ2) is 19.6. The molecule has 0 N–H and O–H groups in total. The summed E-state index contributed by atoms with van der Waals surface area (Å²) in [5.41, 5.74) is -2.06. The number of halogens is 4. The van der Waals surface area contributed by atoms with Crippen molar-refractivity contribution in [3.05, 3.63) is 65.7 Å². The van der Waals surface area contributed by atoms with E-state index in [9.17, 15) is 37.1 Å².